The van der Waals surface area contributed by atoms with Crippen LogP contribution in [0, 0.1) is 20.2 Å². The fourth-order valence-corrected chi connectivity index (χ4v) is 4.65. The van der Waals surface area contributed by atoms with Crippen molar-refractivity contribution in [3.05, 3.63) is 38.4 Å². The van der Waals surface area contributed by atoms with Gasteiger partial charge in [-0.15, -0.1) is 0 Å². The molecule has 17 nitrogen and oxygen atoms in total. The molecule has 0 aliphatic carbocycles. The molecule has 0 amide bonds. The standard InChI is InChI=1S/C32H59N3O14Si/c1-32(2,3)50(4,5)49-27-26-48-25-24-47-23-22-46-21-20-45-19-18-44-17-16-43-15-14-42-13-12-41-11-10-40-9-8-33-30-7-6-29(34(36)37)28-31(30)35(38)39/h6-7,28,33H,8-27H2,1-5H3. The van der Waals surface area contributed by atoms with Gasteiger partial charge in [-0.2, -0.15) is 0 Å². The van der Waals surface area contributed by atoms with E-state index in [2.05, 4.69) is 39.2 Å². The lowest BCUT2D eigenvalue weighted by atomic mass is 10.2. The van der Waals surface area contributed by atoms with E-state index < -0.39 is 18.2 Å². The number of nitro groups is 2. The second-order valence-corrected chi connectivity index (χ2v) is 17.1. The highest BCUT2D eigenvalue weighted by Crippen LogP contribution is 2.36. The molecular weight excluding hydrogens is 678 g/mol. The summed E-state index contributed by atoms with van der Waals surface area (Å²) in [7, 11) is -1.71. The van der Waals surface area contributed by atoms with Crippen molar-refractivity contribution < 1.29 is 56.9 Å². The van der Waals surface area contributed by atoms with Gasteiger partial charge in [0.1, 0.15) is 5.69 Å². The van der Waals surface area contributed by atoms with Crippen LogP contribution in [0.25, 0.3) is 0 Å². The van der Waals surface area contributed by atoms with Crippen LogP contribution in [0.5, 0.6) is 0 Å². The molecule has 0 bridgehead atoms. The fraction of sp³-hybridized carbons (Fsp3) is 0.812. The first-order valence-electron chi connectivity index (χ1n) is 17.0. The van der Waals surface area contributed by atoms with Gasteiger partial charge in [0.15, 0.2) is 8.32 Å². The molecule has 290 valence electrons. The van der Waals surface area contributed by atoms with Crippen molar-refractivity contribution in [2.45, 2.75) is 38.9 Å². The SMILES string of the molecule is CC(C)(C)[Si](C)(C)OCCOCCOCCOCCOCCOCCOCCOCCOCCOCCNc1ccc([N+](=O)[O-])cc1[N+](=O)[O-]. The molecule has 0 saturated carbocycles. The first kappa shape index (κ1) is 45.7. The van der Waals surface area contributed by atoms with Crippen molar-refractivity contribution in [3.63, 3.8) is 0 Å². The average molecular weight is 738 g/mol. The third-order valence-corrected chi connectivity index (χ3v) is 12.0. The fourth-order valence-electron chi connectivity index (χ4n) is 3.63. The Balaban J connectivity index is 1.75. The third-order valence-electron chi connectivity index (χ3n) is 7.42. The zero-order valence-corrected chi connectivity index (χ0v) is 31.5. The van der Waals surface area contributed by atoms with E-state index in [1.807, 2.05) is 0 Å². The number of nitrogens with one attached hydrogen (secondary N) is 1. The molecule has 0 aliphatic heterocycles. The monoisotopic (exact) mass is 737 g/mol. The molecular formula is C32H59N3O14Si. The van der Waals surface area contributed by atoms with Crippen LogP contribution in [0.15, 0.2) is 18.2 Å². The van der Waals surface area contributed by atoms with E-state index >= 15 is 0 Å². The van der Waals surface area contributed by atoms with E-state index in [1.54, 1.807) is 0 Å². The van der Waals surface area contributed by atoms with Gasteiger partial charge >= 0.3 is 0 Å². The van der Waals surface area contributed by atoms with Gasteiger partial charge in [0.2, 0.25) is 0 Å². The van der Waals surface area contributed by atoms with Gasteiger partial charge < -0.3 is 52.4 Å². The Morgan fingerprint density at radius 2 is 0.900 bits per heavy atom. The molecule has 1 rings (SSSR count). The van der Waals surface area contributed by atoms with Gasteiger partial charge in [0, 0.05) is 12.6 Å². The number of non-ortho nitro benzene ring substituents is 1. The summed E-state index contributed by atoms with van der Waals surface area (Å²) in [5.74, 6) is 0. The quantitative estimate of drug-likeness (QED) is 0.0460. The summed E-state index contributed by atoms with van der Waals surface area (Å²) in [5, 5.41) is 25.0. The molecule has 0 unspecified atom stereocenters. The van der Waals surface area contributed by atoms with Crippen LogP contribution in [-0.4, -0.2) is 150 Å². The molecule has 0 saturated heterocycles. The minimum Gasteiger partial charge on any atom is -0.414 e. The Labute approximate surface area is 296 Å². The molecule has 1 aromatic carbocycles. The molecule has 50 heavy (non-hydrogen) atoms. The topological polar surface area (TPSA) is 191 Å². The van der Waals surface area contributed by atoms with Crippen molar-refractivity contribution in [3.8, 4) is 0 Å². The highest BCUT2D eigenvalue weighted by molar-refractivity contribution is 6.74. The number of nitro benzene ring substituents is 2. The normalized spacial score (nSPS) is 12.0. The average Bonchev–Trinajstić information content (AvgIpc) is 3.06. The van der Waals surface area contributed by atoms with Crippen LogP contribution in [0.3, 0.4) is 0 Å². The summed E-state index contributed by atoms with van der Waals surface area (Å²) in [6, 6.07) is 3.43. The van der Waals surface area contributed by atoms with Gasteiger partial charge in [-0.1, -0.05) is 20.8 Å². The Morgan fingerprint density at radius 3 is 1.22 bits per heavy atom. The van der Waals surface area contributed by atoms with Crippen LogP contribution in [0.1, 0.15) is 20.8 Å². The Hall–Kier alpha value is -2.36. The molecule has 0 atom stereocenters. The van der Waals surface area contributed by atoms with Gasteiger partial charge in [-0.05, 0) is 24.2 Å². The highest BCUT2D eigenvalue weighted by atomic mass is 28.4. The lowest BCUT2D eigenvalue weighted by Crippen LogP contribution is -2.41. The number of hydrogen-bond donors (Lipinski definition) is 1. The first-order valence-corrected chi connectivity index (χ1v) is 19.9. The van der Waals surface area contributed by atoms with E-state index in [1.165, 1.54) is 12.1 Å². The predicted molar refractivity (Wildman–Crippen MR) is 189 cm³/mol. The highest BCUT2D eigenvalue weighted by Gasteiger charge is 2.36. The molecule has 18 heteroatoms. The summed E-state index contributed by atoms with van der Waals surface area (Å²) in [6.45, 7) is 20.3. The van der Waals surface area contributed by atoms with E-state index in [0.29, 0.717) is 125 Å². The van der Waals surface area contributed by atoms with E-state index in [0.717, 1.165) is 6.07 Å². The predicted octanol–water partition coefficient (Wildman–Crippen LogP) is 4.09. The third kappa shape index (κ3) is 23.2. The van der Waals surface area contributed by atoms with Crippen LogP contribution < -0.4 is 5.32 Å². The summed E-state index contributed by atoms with van der Waals surface area (Å²) in [6.07, 6.45) is 0. The van der Waals surface area contributed by atoms with E-state index in [-0.39, 0.29) is 28.7 Å². The summed E-state index contributed by atoms with van der Waals surface area (Å²) in [5.41, 5.74) is -0.521. The van der Waals surface area contributed by atoms with Crippen LogP contribution in [0.4, 0.5) is 17.1 Å². The van der Waals surface area contributed by atoms with Crippen molar-refractivity contribution >= 4 is 25.4 Å². The molecule has 1 N–H and O–H groups in total. The van der Waals surface area contributed by atoms with Crippen molar-refractivity contribution in [2.75, 3.05) is 137 Å². The summed E-state index contributed by atoms with van der Waals surface area (Å²) in [4.78, 5) is 20.6. The largest absolute Gasteiger partial charge is 0.414 e. The molecule has 0 spiro atoms. The van der Waals surface area contributed by atoms with Crippen LogP contribution in [0.2, 0.25) is 18.1 Å². The second kappa shape index (κ2) is 28.3. The zero-order valence-electron chi connectivity index (χ0n) is 30.5. The summed E-state index contributed by atoms with van der Waals surface area (Å²) >= 11 is 0. The molecule has 0 radical (unpaired) electrons. The molecule has 0 heterocycles. The Bertz CT molecular complexity index is 1030. The van der Waals surface area contributed by atoms with Crippen LogP contribution >= 0.6 is 0 Å². The lowest BCUT2D eigenvalue weighted by molar-refractivity contribution is -0.393. The Morgan fingerprint density at radius 1 is 0.560 bits per heavy atom. The summed E-state index contributed by atoms with van der Waals surface area (Å²) < 4.78 is 55.4. The first-order chi connectivity index (χ1) is 24.0. The molecule has 0 fully saturated rings. The smallest absolute Gasteiger partial charge is 0.299 e. The molecule has 1 aromatic rings. The maximum Gasteiger partial charge on any atom is 0.299 e. The minimum atomic E-state index is -1.71. The number of nitrogens with zero attached hydrogens (tertiary/aromatic N) is 2. The number of hydrogen-bond acceptors (Lipinski definition) is 15. The number of anilines is 1. The number of rotatable bonds is 34. The van der Waals surface area contributed by atoms with Crippen molar-refractivity contribution in [2.24, 2.45) is 0 Å². The van der Waals surface area contributed by atoms with Gasteiger partial charge in [0.05, 0.1) is 141 Å². The molecule has 0 aromatic heterocycles. The van der Waals surface area contributed by atoms with E-state index in [4.69, 9.17) is 47.1 Å². The van der Waals surface area contributed by atoms with Crippen LogP contribution in [-0.2, 0) is 47.1 Å². The Kier molecular flexibility index (Phi) is 25.8. The number of benzene rings is 1. The van der Waals surface area contributed by atoms with Gasteiger partial charge in [-0.3, -0.25) is 20.2 Å². The van der Waals surface area contributed by atoms with Gasteiger partial charge in [-0.25, -0.2) is 0 Å². The second-order valence-electron chi connectivity index (χ2n) is 12.3. The van der Waals surface area contributed by atoms with Crippen molar-refractivity contribution in [1.82, 2.24) is 0 Å². The maximum atomic E-state index is 11.1. The van der Waals surface area contributed by atoms with E-state index in [9.17, 15) is 20.2 Å². The molecule has 0 aliphatic rings. The lowest BCUT2D eigenvalue weighted by Gasteiger charge is -2.36. The maximum absolute atomic E-state index is 11.1. The minimum absolute atomic E-state index is 0.187. The van der Waals surface area contributed by atoms with Gasteiger partial charge in [0.25, 0.3) is 11.4 Å². The number of ether oxygens (including phenoxy) is 9. The van der Waals surface area contributed by atoms with Crippen molar-refractivity contribution in [1.29, 1.82) is 0 Å². The zero-order chi connectivity index (χ0) is 36.9.